The molecule has 0 spiro atoms. The standard InChI is InChI=1S/C16H21ClN2O6S/c1-10(20)14(16(22)23)18-15(21)12-9-11(5-6-13(12)17)26(24,25)19-7-3-2-4-8-19/h5-6,9-10,14,20H,2-4,7-8H2,1H3,(H,18,21)(H,22,23)/t10-,14+/m1/s1. The van der Waals surface area contributed by atoms with E-state index in [9.17, 15) is 23.1 Å². The van der Waals surface area contributed by atoms with Gasteiger partial charge in [-0.15, -0.1) is 0 Å². The topological polar surface area (TPSA) is 124 Å². The largest absolute Gasteiger partial charge is 0.480 e. The second-order valence-corrected chi connectivity index (χ2v) is 8.48. The summed E-state index contributed by atoms with van der Waals surface area (Å²) in [5.41, 5.74) is -0.170. The Morgan fingerprint density at radius 3 is 2.38 bits per heavy atom. The summed E-state index contributed by atoms with van der Waals surface area (Å²) >= 11 is 5.99. The number of carbonyl (C=O) groups is 2. The molecule has 0 aromatic heterocycles. The number of piperidine rings is 1. The summed E-state index contributed by atoms with van der Waals surface area (Å²) in [4.78, 5) is 23.4. The van der Waals surface area contributed by atoms with Crippen LogP contribution in [0.4, 0.5) is 0 Å². The third-order valence-electron chi connectivity index (χ3n) is 4.17. The maximum absolute atomic E-state index is 12.7. The molecule has 3 N–H and O–H groups in total. The molecule has 0 saturated carbocycles. The molecule has 1 amide bonds. The van der Waals surface area contributed by atoms with Crippen LogP contribution in [0, 0.1) is 0 Å². The van der Waals surface area contributed by atoms with Gasteiger partial charge in [-0.3, -0.25) is 4.79 Å². The quantitative estimate of drug-likeness (QED) is 0.651. The van der Waals surface area contributed by atoms with E-state index in [1.165, 1.54) is 23.4 Å². The van der Waals surface area contributed by atoms with Gasteiger partial charge in [0.25, 0.3) is 5.91 Å². The average molecular weight is 405 g/mol. The number of carbonyl (C=O) groups excluding carboxylic acids is 1. The monoisotopic (exact) mass is 404 g/mol. The molecule has 8 nitrogen and oxygen atoms in total. The van der Waals surface area contributed by atoms with E-state index in [4.69, 9.17) is 16.7 Å². The minimum Gasteiger partial charge on any atom is -0.480 e. The lowest BCUT2D eigenvalue weighted by Gasteiger charge is -2.26. The Morgan fingerprint density at radius 1 is 1.23 bits per heavy atom. The highest BCUT2D eigenvalue weighted by Crippen LogP contribution is 2.25. The van der Waals surface area contributed by atoms with Crippen molar-refractivity contribution in [3.8, 4) is 0 Å². The molecule has 1 heterocycles. The summed E-state index contributed by atoms with van der Waals surface area (Å²) in [5, 5.41) is 20.7. The predicted molar refractivity (Wildman–Crippen MR) is 94.6 cm³/mol. The van der Waals surface area contributed by atoms with Gasteiger partial charge in [0.15, 0.2) is 6.04 Å². The van der Waals surface area contributed by atoms with E-state index >= 15 is 0 Å². The van der Waals surface area contributed by atoms with Crippen LogP contribution in [0.1, 0.15) is 36.5 Å². The van der Waals surface area contributed by atoms with E-state index in [1.807, 2.05) is 0 Å². The van der Waals surface area contributed by atoms with Gasteiger partial charge >= 0.3 is 5.97 Å². The predicted octanol–water partition coefficient (Wildman–Crippen LogP) is 1.08. The van der Waals surface area contributed by atoms with Crippen LogP contribution >= 0.6 is 11.6 Å². The molecule has 0 unspecified atom stereocenters. The number of rotatable bonds is 6. The Balaban J connectivity index is 2.31. The molecule has 26 heavy (non-hydrogen) atoms. The van der Waals surface area contributed by atoms with Crippen molar-refractivity contribution in [2.24, 2.45) is 0 Å². The number of aliphatic carboxylic acids is 1. The van der Waals surface area contributed by atoms with Crippen LogP contribution in [-0.2, 0) is 14.8 Å². The first-order valence-electron chi connectivity index (χ1n) is 8.16. The molecular weight excluding hydrogens is 384 g/mol. The van der Waals surface area contributed by atoms with Gasteiger partial charge < -0.3 is 15.5 Å². The molecule has 2 atom stereocenters. The van der Waals surface area contributed by atoms with Gasteiger partial charge in [-0.25, -0.2) is 13.2 Å². The lowest BCUT2D eigenvalue weighted by Crippen LogP contribution is -2.47. The number of nitrogens with zero attached hydrogens (tertiary/aromatic N) is 1. The molecular formula is C16H21ClN2O6S. The van der Waals surface area contributed by atoms with E-state index < -0.39 is 34.0 Å². The number of amides is 1. The van der Waals surface area contributed by atoms with E-state index in [-0.39, 0.29) is 15.5 Å². The van der Waals surface area contributed by atoms with E-state index in [2.05, 4.69) is 5.32 Å². The molecule has 1 aromatic carbocycles. The van der Waals surface area contributed by atoms with Crippen molar-refractivity contribution in [2.45, 2.75) is 43.2 Å². The lowest BCUT2D eigenvalue weighted by molar-refractivity contribution is -0.141. The van der Waals surface area contributed by atoms with Crippen LogP contribution in [0.3, 0.4) is 0 Å². The Bertz CT molecular complexity index is 790. The Morgan fingerprint density at radius 2 is 1.85 bits per heavy atom. The van der Waals surface area contributed by atoms with Gasteiger partial charge in [0.1, 0.15) is 0 Å². The minimum absolute atomic E-state index is 0.0187. The first kappa shape index (κ1) is 20.6. The molecule has 1 aromatic rings. The number of hydrogen-bond acceptors (Lipinski definition) is 5. The fourth-order valence-electron chi connectivity index (χ4n) is 2.70. The first-order valence-corrected chi connectivity index (χ1v) is 9.98. The number of aliphatic hydroxyl groups excluding tert-OH is 1. The molecule has 10 heteroatoms. The van der Waals surface area contributed by atoms with Crippen molar-refractivity contribution in [3.63, 3.8) is 0 Å². The lowest BCUT2D eigenvalue weighted by atomic mass is 10.1. The number of carboxylic acid groups (broad SMARTS) is 1. The Labute approximate surface area is 156 Å². The van der Waals surface area contributed by atoms with Crippen LogP contribution < -0.4 is 5.32 Å². The maximum atomic E-state index is 12.7. The molecule has 1 fully saturated rings. The molecule has 0 bridgehead atoms. The SMILES string of the molecule is C[C@@H](O)[C@H](NC(=O)c1cc(S(=O)(=O)N2CCCCC2)ccc1Cl)C(=O)O. The summed E-state index contributed by atoms with van der Waals surface area (Å²) in [6, 6.07) is 2.18. The third kappa shape index (κ3) is 4.53. The van der Waals surface area contributed by atoms with E-state index in [0.29, 0.717) is 13.1 Å². The Hall–Kier alpha value is -1.68. The van der Waals surface area contributed by atoms with E-state index in [1.54, 1.807) is 0 Å². The number of halogens is 1. The molecule has 2 rings (SSSR count). The van der Waals surface area contributed by atoms with E-state index in [0.717, 1.165) is 25.3 Å². The molecule has 1 saturated heterocycles. The highest BCUT2D eigenvalue weighted by Gasteiger charge is 2.29. The number of carboxylic acids is 1. The fourth-order valence-corrected chi connectivity index (χ4v) is 4.45. The maximum Gasteiger partial charge on any atom is 0.328 e. The second kappa shape index (κ2) is 8.34. The molecule has 1 aliphatic rings. The Kier molecular flexibility index (Phi) is 6.62. The summed E-state index contributed by atoms with van der Waals surface area (Å²) in [5.74, 6) is -2.29. The van der Waals surface area contributed by atoms with Gasteiger partial charge in [0.2, 0.25) is 10.0 Å². The van der Waals surface area contributed by atoms with Gasteiger partial charge in [-0.1, -0.05) is 18.0 Å². The van der Waals surface area contributed by atoms with Crippen LogP contribution in [-0.4, -0.2) is 60.0 Å². The smallest absolute Gasteiger partial charge is 0.328 e. The van der Waals surface area contributed by atoms with Crippen molar-refractivity contribution in [2.75, 3.05) is 13.1 Å². The number of benzene rings is 1. The number of nitrogens with one attached hydrogen (secondary N) is 1. The molecule has 0 aliphatic carbocycles. The first-order chi connectivity index (χ1) is 12.1. The van der Waals surface area contributed by atoms with Crippen molar-refractivity contribution in [1.29, 1.82) is 0 Å². The van der Waals surface area contributed by atoms with Gasteiger partial charge in [-0.05, 0) is 38.0 Å². The minimum atomic E-state index is -3.77. The number of hydrogen-bond donors (Lipinski definition) is 3. The van der Waals surface area contributed by atoms with Gasteiger partial charge in [0.05, 0.1) is 21.6 Å². The van der Waals surface area contributed by atoms with Crippen molar-refractivity contribution in [3.05, 3.63) is 28.8 Å². The molecule has 0 radical (unpaired) electrons. The average Bonchev–Trinajstić information content (AvgIpc) is 2.59. The van der Waals surface area contributed by atoms with Crippen LogP contribution in [0.15, 0.2) is 23.1 Å². The molecule has 144 valence electrons. The summed E-state index contributed by atoms with van der Waals surface area (Å²) in [6.45, 7) is 2.04. The number of aliphatic hydroxyl groups is 1. The van der Waals surface area contributed by atoms with Gasteiger partial charge in [0, 0.05) is 13.1 Å². The second-order valence-electron chi connectivity index (χ2n) is 6.14. The van der Waals surface area contributed by atoms with Crippen LogP contribution in [0.2, 0.25) is 5.02 Å². The zero-order chi connectivity index (χ0) is 19.5. The highest BCUT2D eigenvalue weighted by molar-refractivity contribution is 7.89. The van der Waals surface area contributed by atoms with Crippen LogP contribution in [0.5, 0.6) is 0 Å². The summed E-state index contributed by atoms with van der Waals surface area (Å²) in [6.07, 6.45) is 1.18. The third-order valence-corrected chi connectivity index (χ3v) is 6.39. The van der Waals surface area contributed by atoms with Crippen molar-refractivity contribution >= 4 is 33.5 Å². The fraction of sp³-hybridized carbons (Fsp3) is 0.500. The van der Waals surface area contributed by atoms with Gasteiger partial charge in [-0.2, -0.15) is 4.31 Å². The van der Waals surface area contributed by atoms with Crippen LogP contribution in [0.25, 0.3) is 0 Å². The summed E-state index contributed by atoms with van der Waals surface area (Å²) in [7, 11) is -3.77. The van der Waals surface area contributed by atoms with Crippen molar-refractivity contribution < 1.29 is 28.2 Å². The number of sulfonamides is 1. The zero-order valence-electron chi connectivity index (χ0n) is 14.2. The zero-order valence-corrected chi connectivity index (χ0v) is 15.8. The molecule has 1 aliphatic heterocycles. The summed E-state index contributed by atoms with van der Waals surface area (Å²) < 4.78 is 26.8. The normalized spacial score (nSPS) is 18.1. The van der Waals surface area contributed by atoms with Crippen molar-refractivity contribution in [1.82, 2.24) is 9.62 Å². The highest BCUT2D eigenvalue weighted by atomic mass is 35.5.